The van der Waals surface area contributed by atoms with E-state index in [1.165, 1.54) is 12.0 Å². The van der Waals surface area contributed by atoms with Crippen molar-refractivity contribution in [1.29, 1.82) is 0 Å². The maximum atomic E-state index is 12.2. The summed E-state index contributed by atoms with van der Waals surface area (Å²) in [7, 11) is 1.37. The second kappa shape index (κ2) is 6.70. The molecular weight excluding hydrogens is 288 g/mol. The van der Waals surface area contributed by atoms with Gasteiger partial charge in [0.2, 0.25) is 5.91 Å². The third-order valence-electron chi connectivity index (χ3n) is 3.22. The van der Waals surface area contributed by atoms with Crippen LogP contribution >= 0.6 is 0 Å². The normalized spacial score (nSPS) is 19.0. The molecule has 0 saturated carbocycles. The van der Waals surface area contributed by atoms with Crippen molar-refractivity contribution in [2.24, 2.45) is 10.9 Å². The summed E-state index contributed by atoms with van der Waals surface area (Å²) in [6.45, 7) is 0.0787. The van der Waals surface area contributed by atoms with Crippen LogP contribution in [0.15, 0.2) is 35.5 Å². The summed E-state index contributed by atoms with van der Waals surface area (Å²) in [6.07, 6.45) is 0.191. The third kappa shape index (κ3) is 3.40. The van der Waals surface area contributed by atoms with Gasteiger partial charge in [-0.1, -0.05) is 23.4 Å². The lowest BCUT2D eigenvalue weighted by Gasteiger charge is -2.21. The molecule has 0 bridgehead atoms. The van der Waals surface area contributed by atoms with Crippen molar-refractivity contribution in [3.8, 4) is 0 Å². The highest BCUT2D eigenvalue weighted by Crippen LogP contribution is 2.16. The molecule has 0 aromatic heterocycles. The van der Waals surface area contributed by atoms with Gasteiger partial charge in [0.15, 0.2) is 0 Å². The van der Waals surface area contributed by atoms with E-state index < -0.39 is 23.9 Å². The predicted octanol–water partition coefficient (Wildman–Crippen LogP) is 0.0984. The molecule has 2 rings (SSSR count). The molecule has 0 aliphatic carbocycles. The molecule has 1 unspecified atom stereocenters. The zero-order chi connectivity index (χ0) is 16.1. The summed E-state index contributed by atoms with van der Waals surface area (Å²) in [5.41, 5.74) is 6.14. The Hall–Kier alpha value is -2.90. The first-order valence-corrected chi connectivity index (χ1v) is 6.58. The Labute approximate surface area is 126 Å². The highest BCUT2D eigenvalue weighted by atomic mass is 16.6. The minimum absolute atomic E-state index is 0.0787. The Morgan fingerprint density at radius 2 is 2.00 bits per heavy atom. The molecule has 22 heavy (non-hydrogen) atoms. The molecule has 1 aliphatic rings. The lowest BCUT2D eigenvalue weighted by Crippen LogP contribution is -2.49. The molecule has 1 aliphatic heterocycles. The number of likely N-dealkylation sites (tertiary alicyclic amines) is 1. The first-order chi connectivity index (χ1) is 10.5. The van der Waals surface area contributed by atoms with Crippen molar-refractivity contribution < 1.29 is 19.2 Å². The van der Waals surface area contributed by atoms with Crippen LogP contribution in [0.1, 0.15) is 16.8 Å². The molecule has 116 valence electrons. The van der Waals surface area contributed by atoms with Gasteiger partial charge in [-0.3, -0.25) is 14.9 Å². The molecule has 1 saturated heterocycles. The van der Waals surface area contributed by atoms with E-state index in [1.807, 2.05) is 0 Å². The van der Waals surface area contributed by atoms with Gasteiger partial charge in [-0.2, -0.15) is 0 Å². The second-order valence-electron chi connectivity index (χ2n) is 4.72. The Morgan fingerprint density at radius 3 is 2.59 bits per heavy atom. The summed E-state index contributed by atoms with van der Waals surface area (Å²) in [6, 6.07) is 6.74. The Kier molecular flexibility index (Phi) is 4.72. The number of nitrogens with two attached hydrogens (primary N) is 1. The Morgan fingerprint density at radius 1 is 1.32 bits per heavy atom. The Bertz CT molecular complexity index is 615. The Balaban J connectivity index is 2.09. The minimum Gasteiger partial charge on any atom is -0.399 e. The molecule has 1 fully saturated rings. The topological polar surface area (TPSA) is 114 Å². The third-order valence-corrected chi connectivity index (χ3v) is 3.22. The number of nitrogens with one attached hydrogen (secondary N) is 1. The number of carbonyl (C=O) groups excluding carboxylic acids is 3. The van der Waals surface area contributed by atoms with Gasteiger partial charge in [-0.25, -0.2) is 4.79 Å². The van der Waals surface area contributed by atoms with E-state index in [0.29, 0.717) is 11.3 Å². The van der Waals surface area contributed by atoms with Crippen molar-refractivity contribution in [1.82, 2.24) is 10.2 Å². The summed E-state index contributed by atoms with van der Waals surface area (Å²) in [5, 5.41) is 5.96. The fraction of sp³-hybridized carbons (Fsp3) is 0.286. The summed E-state index contributed by atoms with van der Waals surface area (Å²) in [4.78, 5) is 41.4. The van der Waals surface area contributed by atoms with Gasteiger partial charge in [0.1, 0.15) is 13.2 Å². The van der Waals surface area contributed by atoms with Crippen LogP contribution in [-0.2, 0) is 9.63 Å². The predicted molar refractivity (Wildman–Crippen MR) is 78.1 cm³/mol. The number of primary amides is 1. The van der Waals surface area contributed by atoms with Crippen LogP contribution in [0.5, 0.6) is 0 Å². The zero-order valence-electron chi connectivity index (χ0n) is 12.0. The number of hydrogen-bond donors (Lipinski definition) is 2. The fourth-order valence-electron chi connectivity index (χ4n) is 2.20. The smallest absolute Gasteiger partial charge is 0.325 e. The van der Waals surface area contributed by atoms with Crippen molar-refractivity contribution in [2.75, 3.05) is 13.7 Å². The fourth-order valence-corrected chi connectivity index (χ4v) is 2.20. The van der Waals surface area contributed by atoms with Crippen molar-refractivity contribution in [2.45, 2.75) is 12.5 Å². The minimum atomic E-state index is -0.850. The molecule has 8 heteroatoms. The molecule has 4 amide bonds. The molecular formula is C14H16N4O4. The van der Waals surface area contributed by atoms with Crippen LogP contribution in [0.25, 0.3) is 0 Å². The highest BCUT2D eigenvalue weighted by molar-refractivity contribution is 6.07. The first-order valence-electron chi connectivity index (χ1n) is 6.58. The van der Waals surface area contributed by atoms with E-state index in [9.17, 15) is 14.4 Å². The van der Waals surface area contributed by atoms with Gasteiger partial charge < -0.3 is 15.5 Å². The van der Waals surface area contributed by atoms with E-state index in [0.717, 1.165) is 0 Å². The van der Waals surface area contributed by atoms with E-state index in [4.69, 9.17) is 5.73 Å². The van der Waals surface area contributed by atoms with E-state index in [2.05, 4.69) is 15.3 Å². The van der Waals surface area contributed by atoms with E-state index in [1.54, 1.807) is 30.3 Å². The van der Waals surface area contributed by atoms with Gasteiger partial charge >= 0.3 is 6.03 Å². The molecule has 1 atom stereocenters. The average Bonchev–Trinajstić information content (AvgIpc) is 2.93. The lowest BCUT2D eigenvalue weighted by atomic mass is 10.2. The van der Waals surface area contributed by atoms with E-state index in [-0.39, 0.29) is 13.0 Å². The van der Waals surface area contributed by atoms with Crippen LogP contribution in [0.4, 0.5) is 4.79 Å². The highest BCUT2D eigenvalue weighted by Gasteiger charge is 2.37. The number of nitrogens with zero attached hydrogens (tertiary/aromatic N) is 2. The summed E-state index contributed by atoms with van der Waals surface area (Å²) < 4.78 is 0. The quantitative estimate of drug-likeness (QED) is 0.771. The van der Waals surface area contributed by atoms with Gasteiger partial charge in [0, 0.05) is 12.0 Å². The van der Waals surface area contributed by atoms with Crippen molar-refractivity contribution in [3.05, 3.63) is 35.9 Å². The largest absolute Gasteiger partial charge is 0.399 e. The number of imide groups is 1. The van der Waals surface area contributed by atoms with Gasteiger partial charge in [-0.15, -0.1) is 0 Å². The second-order valence-corrected chi connectivity index (χ2v) is 4.72. The lowest BCUT2D eigenvalue weighted by molar-refractivity contribution is -0.121. The number of carbonyl (C=O) groups is 3. The molecule has 1 heterocycles. The SMILES string of the molecule is CON=C1CC(C(N)=O)N(C(=O)NC(=O)c2ccccc2)C1. The monoisotopic (exact) mass is 304 g/mol. The zero-order valence-corrected chi connectivity index (χ0v) is 12.0. The molecule has 1 aromatic carbocycles. The summed E-state index contributed by atoms with van der Waals surface area (Å²) >= 11 is 0. The maximum Gasteiger partial charge on any atom is 0.325 e. The molecule has 1 aromatic rings. The number of benzene rings is 1. The standard InChI is InChI=1S/C14H16N4O4/c1-22-17-10-7-11(12(15)19)18(8-10)14(21)16-13(20)9-5-3-2-4-6-9/h2-6,11H,7-8H2,1H3,(H2,15,19)(H,16,20,21). The molecule has 0 radical (unpaired) electrons. The number of amides is 4. The first kappa shape index (κ1) is 15.5. The van der Waals surface area contributed by atoms with Crippen LogP contribution in [0, 0.1) is 0 Å². The van der Waals surface area contributed by atoms with Crippen LogP contribution in [-0.4, -0.2) is 48.2 Å². The summed E-state index contributed by atoms with van der Waals surface area (Å²) in [5.74, 6) is -1.21. The maximum absolute atomic E-state index is 12.2. The number of hydrogen-bond acceptors (Lipinski definition) is 5. The molecule has 3 N–H and O–H groups in total. The average molecular weight is 304 g/mol. The van der Waals surface area contributed by atoms with E-state index >= 15 is 0 Å². The number of oxime groups is 1. The molecule has 0 spiro atoms. The van der Waals surface area contributed by atoms with Crippen LogP contribution in [0.3, 0.4) is 0 Å². The molecule has 8 nitrogen and oxygen atoms in total. The number of urea groups is 1. The van der Waals surface area contributed by atoms with Gasteiger partial charge in [0.25, 0.3) is 5.91 Å². The van der Waals surface area contributed by atoms with Crippen molar-refractivity contribution >= 4 is 23.6 Å². The van der Waals surface area contributed by atoms with Crippen LogP contribution in [0.2, 0.25) is 0 Å². The van der Waals surface area contributed by atoms with Crippen LogP contribution < -0.4 is 11.1 Å². The van der Waals surface area contributed by atoms with Crippen molar-refractivity contribution in [3.63, 3.8) is 0 Å². The number of rotatable bonds is 3. The van der Waals surface area contributed by atoms with Gasteiger partial charge in [0.05, 0.1) is 12.3 Å². The van der Waals surface area contributed by atoms with Gasteiger partial charge in [-0.05, 0) is 12.1 Å².